The first-order valence-electron chi connectivity index (χ1n) is 4.19. The molecule has 1 aromatic rings. The Morgan fingerprint density at radius 2 is 1.64 bits per heavy atom. The zero-order valence-electron chi connectivity index (χ0n) is 8.04. The summed E-state index contributed by atoms with van der Waals surface area (Å²) in [6.45, 7) is 2.01. The van der Waals surface area contributed by atoms with Gasteiger partial charge in [0.1, 0.15) is 0 Å². The van der Waals surface area contributed by atoms with E-state index in [0.29, 0.717) is 5.96 Å². The van der Waals surface area contributed by atoms with Crippen LogP contribution in [0.15, 0.2) is 24.3 Å². The topological polar surface area (TPSA) is 106 Å². The van der Waals surface area contributed by atoms with E-state index in [1.165, 1.54) is 5.56 Å². The second-order valence-corrected chi connectivity index (χ2v) is 2.99. The number of guanidine groups is 2. The van der Waals surface area contributed by atoms with Crippen molar-refractivity contribution >= 4 is 17.6 Å². The van der Waals surface area contributed by atoms with E-state index in [2.05, 4.69) is 9.98 Å². The number of rotatable bonds is 1. The Bertz CT molecular complexity index is 359. The Balaban J connectivity index is 2.87. The second-order valence-electron chi connectivity index (χ2n) is 2.99. The Morgan fingerprint density at radius 1 is 1.07 bits per heavy atom. The standard InChI is InChI=1S/C9H13N5/c1-6-2-4-7(5-3-6)13-9(12)14-8(10)11/h2-5H,1H3,(H6,10,11,12,13,14)/p+2. The van der Waals surface area contributed by atoms with Crippen molar-refractivity contribution in [2.45, 2.75) is 6.92 Å². The van der Waals surface area contributed by atoms with Gasteiger partial charge in [-0.1, -0.05) is 17.7 Å². The highest BCUT2D eigenvalue weighted by Crippen LogP contribution is 2.00. The molecule has 5 heteroatoms. The molecule has 1 rings (SSSR count). The fraction of sp³-hybridized carbons (Fsp3) is 0.111. The van der Waals surface area contributed by atoms with Gasteiger partial charge < -0.3 is 11.5 Å². The molecule has 0 radical (unpaired) electrons. The molecular weight excluding hydrogens is 178 g/mol. The van der Waals surface area contributed by atoms with Crippen LogP contribution < -0.4 is 27.2 Å². The fourth-order valence-corrected chi connectivity index (χ4v) is 0.979. The minimum absolute atomic E-state index is 0.0575. The Kier molecular flexibility index (Phi) is 3.06. The van der Waals surface area contributed by atoms with E-state index < -0.39 is 0 Å². The van der Waals surface area contributed by atoms with E-state index in [0.717, 1.165) is 5.69 Å². The summed E-state index contributed by atoms with van der Waals surface area (Å²) in [6.07, 6.45) is 0. The minimum atomic E-state index is 0.0575. The predicted molar refractivity (Wildman–Crippen MR) is 55.3 cm³/mol. The second kappa shape index (κ2) is 4.27. The van der Waals surface area contributed by atoms with Crippen LogP contribution in [-0.4, -0.2) is 11.9 Å². The summed E-state index contributed by atoms with van der Waals surface area (Å²) in [5.41, 5.74) is 18.0. The lowest BCUT2D eigenvalue weighted by atomic mass is 10.2. The van der Waals surface area contributed by atoms with Gasteiger partial charge in [0.25, 0.3) is 5.96 Å². The van der Waals surface area contributed by atoms with E-state index in [4.69, 9.17) is 17.2 Å². The summed E-state index contributed by atoms with van der Waals surface area (Å²) in [5.74, 6) is 0.357. The van der Waals surface area contributed by atoms with Crippen molar-refractivity contribution in [1.82, 2.24) is 0 Å². The first-order chi connectivity index (χ1) is 6.58. The van der Waals surface area contributed by atoms with Crippen LogP contribution in [-0.2, 0) is 0 Å². The molecule has 0 bridgehead atoms. The first-order valence-corrected chi connectivity index (χ1v) is 4.19. The number of hydrogen-bond donors (Lipinski definition) is 5. The predicted octanol–water partition coefficient (Wildman–Crippen LogP) is -3.62. The molecule has 0 aliphatic carbocycles. The average molecular weight is 193 g/mol. The zero-order valence-corrected chi connectivity index (χ0v) is 8.04. The maximum absolute atomic E-state index is 5.56. The Hall–Kier alpha value is -2.04. The summed E-state index contributed by atoms with van der Waals surface area (Å²) in [7, 11) is 0. The Morgan fingerprint density at radius 3 is 2.14 bits per heavy atom. The first kappa shape index (κ1) is 10.0. The van der Waals surface area contributed by atoms with Gasteiger partial charge in [0.15, 0.2) is 5.69 Å². The van der Waals surface area contributed by atoms with Crippen LogP contribution >= 0.6 is 0 Å². The van der Waals surface area contributed by atoms with Gasteiger partial charge in [-0.3, -0.25) is 0 Å². The third-order valence-electron chi connectivity index (χ3n) is 1.61. The van der Waals surface area contributed by atoms with Crippen LogP contribution in [0.2, 0.25) is 0 Å². The van der Waals surface area contributed by atoms with Crippen molar-refractivity contribution in [3.05, 3.63) is 29.8 Å². The molecule has 1 aromatic carbocycles. The zero-order chi connectivity index (χ0) is 10.6. The third-order valence-corrected chi connectivity index (χ3v) is 1.61. The van der Waals surface area contributed by atoms with Crippen LogP contribution in [0.4, 0.5) is 5.69 Å². The van der Waals surface area contributed by atoms with Crippen LogP contribution in [0.1, 0.15) is 5.56 Å². The molecule has 5 nitrogen and oxygen atoms in total. The van der Waals surface area contributed by atoms with Gasteiger partial charge in [-0.25, -0.2) is 5.73 Å². The molecule has 0 aliphatic rings. The molecule has 0 saturated carbocycles. The molecule has 8 N–H and O–H groups in total. The van der Waals surface area contributed by atoms with Crippen LogP contribution in [0.5, 0.6) is 0 Å². The molecule has 74 valence electrons. The number of hydrogen-bond acceptors (Lipinski definition) is 0. The Labute approximate surface area is 82.3 Å². The lowest BCUT2D eigenvalue weighted by molar-refractivity contribution is -0.459. The smallest absolute Gasteiger partial charge is 0.345 e. The lowest BCUT2D eigenvalue weighted by Crippen LogP contribution is -2.96. The van der Waals surface area contributed by atoms with E-state index in [-0.39, 0.29) is 5.96 Å². The molecule has 0 fully saturated rings. The molecule has 0 atom stereocenters. The highest BCUT2D eigenvalue weighted by atomic mass is 15.1. The van der Waals surface area contributed by atoms with Crippen molar-refractivity contribution < 1.29 is 9.98 Å². The number of aryl methyl sites for hydroxylation is 1. The van der Waals surface area contributed by atoms with Gasteiger partial charge in [0, 0.05) is 0 Å². The molecule has 0 heterocycles. The van der Waals surface area contributed by atoms with Gasteiger partial charge in [-0.05, 0) is 19.1 Å². The maximum Gasteiger partial charge on any atom is 0.522 e. The summed E-state index contributed by atoms with van der Waals surface area (Å²) in [5, 5.41) is 0. The summed E-state index contributed by atoms with van der Waals surface area (Å²) >= 11 is 0. The average Bonchev–Trinajstić information content (AvgIpc) is 2.07. The monoisotopic (exact) mass is 193 g/mol. The molecule has 0 unspecified atom stereocenters. The molecule has 14 heavy (non-hydrogen) atoms. The van der Waals surface area contributed by atoms with Crippen molar-refractivity contribution in [2.24, 2.45) is 17.2 Å². The lowest BCUT2D eigenvalue weighted by Gasteiger charge is -1.89. The van der Waals surface area contributed by atoms with Crippen molar-refractivity contribution in [3.63, 3.8) is 0 Å². The van der Waals surface area contributed by atoms with E-state index in [1.54, 1.807) is 0 Å². The van der Waals surface area contributed by atoms with E-state index in [1.807, 2.05) is 31.2 Å². The summed E-state index contributed by atoms with van der Waals surface area (Å²) < 4.78 is 0. The summed E-state index contributed by atoms with van der Waals surface area (Å²) in [6, 6.07) is 7.78. The molecule has 0 amide bonds. The minimum Gasteiger partial charge on any atom is -0.345 e. The molecule has 0 spiro atoms. The van der Waals surface area contributed by atoms with E-state index >= 15 is 0 Å². The van der Waals surface area contributed by atoms with Crippen molar-refractivity contribution in [3.8, 4) is 0 Å². The van der Waals surface area contributed by atoms with Gasteiger partial charge >= 0.3 is 5.96 Å². The molecular formula is C9H15N5+2. The largest absolute Gasteiger partial charge is 0.522 e. The number of nitrogens with one attached hydrogen (secondary N) is 2. The molecule has 0 aromatic heterocycles. The van der Waals surface area contributed by atoms with Gasteiger partial charge in [0.05, 0.1) is 0 Å². The van der Waals surface area contributed by atoms with Gasteiger partial charge in [-0.2, -0.15) is 4.99 Å². The number of nitrogens with two attached hydrogens (primary N) is 3. The van der Waals surface area contributed by atoms with Crippen LogP contribution in [0.3, 0.4) is 0 Å². The quantitative estimate of drug-likeness (QED) is 0.235. The van der Waals surface area contributed by atoms with Crippen LogP contribution in [0.25, 0.3) is 0 Å². The maximum atomic E-state index is 5.56. The molecule has 0 saturated heterocycles. The van der Waals surface area contributed by atoms with Gasteiger partial charge in [-0.15, -0.1) is 4.99 Å². The highest BCUT2D eigenvalue weighted by molar-refractivity contribution is 5.75. The van der Waals surface area contributed by atoms with Crippen LogP contribution in [0, 0.1) is 6.92 Å². The highest BCUT2D eigenvalue weighted by Gasteiger charge is 2.03. The normalized spacial score (nSPS) is 11.1. The summed E-state index contributed by atoms with van der Waals surface area (Å²) in [4.78, 5) is 5.46. The number of benzene rings is 1. The van der Waals surface area contributed by atoms with Crippen molar-refractivity contribution in [2.75, 3.05) is 0 Å². The fourth-order valence-electron chi connectivity index (χ4n) is 0.979. The molecule has 0 aliphatic heterocycles. The van der Waals surface area contributed by atoms with E-state index in [9.17, 15) is 0 Å². The SMILES string of the molecule is Cc1ccc([NH+]=C(N)[NH+]=C(N)N)cc1. The third kappa shape index (κ3) is 3.14. The van der Waals surface area contributed by atoms with Crippen molar-refractivity contribution in [1.29, 1.82) is 0 Å². The van der Waals surface area contributed by atoms with Gasteiger partial charge in [0.2, 0.25) is 0 Å².